The molecule has 0 spiro atoms. The van der Waals surface area contributed by atoms with Gasteiger partial charge in [0.1, 0.15) is 5.69 Å². The molecule has 11 heteroatoms. The number of hydrogen-bond donors (Lipinski definition) is 0. The lowest BCUT2D eigenvalue weighted by Gasteiger charge is -2.51. The number of nitrogens with zero attached hydrogens (tertiary/aromatic N) is 3. The first-order valence-corrected chi connectivity index (χ1v) is 13.6. The van der Waals surface area contributed by atoms with Crippen LogP contribution in [0.15, 0.2) is 6.20 Å². The zero-order valence-electron chi connectivity index (χ0n) is 17.6. The Kier molecular flexibility index (Phi) is 5.88. The maximum absolute atomic E-state index is 14.2. The first-order valence-electron chi connectivity index (χ1n) is 9.49. The zero-order valence-corrected chi connectivity index (χ0v) is 20.2. The van der Waals surface area contributed by atoms with Crippen molar-refractivity contribution in [3.8, 4) is 10.6 Å². The molecule has 4 nitrogen and oxygen atoms in total. The fraction of sp³-hybridized carbons (Fsp3) is 0.632. The third kappa shape index (κ3) is 4.56. The van der Waals surface area contributed by atoms with Crippen molar-refractivity contribution in [1.82, 2.24) is 15.0 Å². The van der Waals surface area contributed by atoms with Gasteiger partial charge in [0, 0.05) is 5.92 Å². The lowest BCUT2D eigenvalue weighted by molar-refractivity contribution is -0.140. The topological polar surface area (TPSA) is 47.9 Å². The molecule has 1 saturated carbocycles. The van der Waals surface area contributed by atoms with E-state index in [1.165, 1.54) is 0 Å². The Hall–Kier alpha value is -1.10. The van der Waals surface area contributed by atoms with Gasteiger partial charge in [0.15, 0.2) is 19.8 Å². The van der Waals surface area contributed by atoms with E-state index in [2.05, 4.69) is 48.8 Å². The van der Waals surface area contributed by atoms with Crippen LogP contribution in [0.2, 0.25) is 23.4 Å². The van der Waals surface area contributed by atoms with Gasteiger partial charge in [-0.2, -0.15) is 13.2 Å². The van der Waals surface area contributed by atoms with Crippen LogP contribution in [0, 0.1) is 5.82 Å². The molecule has 0 aromatic carbocycles. The summed E-state index contributed by atoms with van der Waals surface area (Å²) >= 11 is 6.48. The molecule has 166 valence electrons. The molecule has 1 aliphatic carbocycles. The van der Waals surface area contributed by atoms with Crippen LogP contribution in [0.3, 0.4) is 0 Å². The summed E-state index contributed by atoms with van der Waals surface area (Å²) in [4.78, 5) is 10.6. The van der Waals surface area contributed by atoms with Gasteiger partial charge in [0.05, 0.1) is 21.7 Å². The minimum Gasteiger partial charge on any atom is -0.412 e. The third-order valence-corrected chi connectivity index (χ3v) is 11.9. The SMILES string of the molecule is CC(C)(C)[Si](C)(C)O[C@]1(C)C[C@H](c2nc(C(F)(F)F)c(-c3nc(Cl)ncc3F)s2)C1. The molecule has 0 atom stereocenters. The van der Waals surface area contributed by atoms with Crippen LogP contribution in [0.25, 0.3) is 10.6 Å². The van der Waals surface area contributed by atoms with Gasteiger partial charge in [-0.25, -0.2) is 19.3 Å². The van der Waals surface area contributed by atoms with Crippen LogP contribution in [-0.4, -0.2) is 28.9 Å². The van der Waals surface area contributed by atoms with Crippen LogP contribution >= 0.6 is 22.9 Å². The van der Waals surface area contributed by atoms with Crippen LogP contribution in [0.4, 0.5) is 17.6 Å². The van der Waals surface area contributed by atoms with E-state index in [0.717, 1.165) is 17.5 Å². The molecule has 2 heterocycles. The Morgan fingerprint density at radius 3 is 2.33 bits per heavy atom. The first-order chi connectivity index (χ1) is 13.5. The molecule has 1 fully saturated rings. The van der Waals surface area contributed by atoms with Gasteiger partial charge < -0.3 is 4.43 Å². The van der Waals surface area contributed by atoms with Crippen molar-refractivity contribution in [2.24, 2.45) is 0 Å². The summed E-state index contributed by atoms with van der Waals surface area (Å²) in [5.41, 5.74) is -2.03. The van der Waals surface area contributed by atoms with Crippen molar-refractivity contribution in [1.29, 1.82) is 0 Å². The number of thiazole rings is 1. The molecule has 0 amide bonds. The van der Waals surface area contributed by atoms with Gasteiger partial charge >= 0.3 is 6.18 Å². The minimum atomic E-state index is -4.74. The molecule has 1 aliphatic rings. The van der Waals surface area contributed by atoms with Crippen molar-refractivity contribution in [3.63, 3.8) is 0 Å². The van der Waals surface area contributed by atoms with E-state index in [4.69, 9.17) is 16.0 Å². The van der Waals surface area contributed by atoms with Gasteiger partial charge in [0.25, 0.3) is 0 Å². The number of halogens is 5. The van der Waals surface area contributed by atoms with E-state index < -0.39 is 37.3 Å². The number of aromatic nitrogens is 3. The zero-order chi connectivity index (χ0) is 22.7. The highest BCUT2D eigenvalue weighted by Crippen LogP contribution is 2.53. The second-order valence-electron chi connectivity index (χ2n) is 9.48. The monoisotopic (exact) mass is 481 g/mol. The van der Waals surface area contributed by atoms with Gasteiger partial charge in [-0.15, -0.1) is 11.3 Å². The van der Waals surface area contributed by atoms with Crippen molar-refractivity contribution in [2.45, 2.75) is 76.4 Å². The third-order valence-electron chi connectivity index (χ3n) is 5.86. The summed E-state index contributed by atoms with van der Waals surface area (Å²) in [6, 6.07) is 0. The van der Waals surface area contributed by atoms with Crippen LogP contribution < -0.4 is 0 Å². The summed E-state index contributed by atoms with van der Waals surface area (Å²) in [7, 11) is -2.02. The Morgan fingerprint density at radius 2 is 1.80 bits per heavy atom. The van der Waals surface area contributed by atoms with E-state index in [1.807, 2.05) is 6.92 Å². The average Bonchev–Trinajstić information content (AvgIpc) is 2.98. The van der Waals surface area contributed by atoms with E-state index in [9.17, 15) is 17.6 Å². The normalized spacial score (nSPS) is 22.8. The Bertz CT molecular complexity index is 952. The molecular formula is C19H24ClF4N3OSSi. The van der Waals surface area contributed by atoms with E-state index in [0.29, 0.717) is 17.8 Å². The first kappa shape index (κ1) is 23.6. The number of rotatable bonds is 4. The maximum Gasteiger partial charge on any atom is 0.434 e. The van der Waals surface area contributed by atoms with Gasteiger partial charge in [-0.05, 0) is 49.5 Å². The standard InChI is InChI=1S/C19H24ClF4N3OSSi/c1-17(2,3)30(5,6)28-18(4)7-10(8-18)15-27-14(19(22,23)24)13(29-15)12-11(21)9-25-16(20)26-12/h9-10H,7-8H2,1-6H3/t10-,18+. The lowest BCUT2D eigenvalue weighted by Crippen LogP contribution is -2.53. The Morgan fingerprint density at radius 1 is 1.20 bits per heavy atom. The van der Waals surface area contributed by atoms with Crippen LogP contribution in [-0.2, 0) is 10.6 Å². The van der Waals surface area contributed by atoms with Crippen molar-refractivity contribution in [2.75, 3.05) is 0 Å². The molecular weight excluding hydrogens is 458 g/mol. The Balaban J connectivity index is 1.89. The molecule has 30 heavy (non-hydrogen) atoms. The van der Waals surface area contributed by atoms with E-state index >= 15 is 0 Å². The average molecular weight is 482 g/mol. The maximum atomic E-state index is 14.2. The molecule has 0 N–H and O–H groups in total. The molecule has 0 saturated heterocycles. The van der Waals surface area contributed by atoms with Gasteiger partial charge in [-0.1, -0.05) is 20.8 Å². The lowest BCUT2D eigenvalue weighted by atomic mass is 9.72. The molecule has 0 bridgehead atoms. The summed E-state index contributed by atoms with van der Waals surface area (Å²) in [6.45, 7) is 12.7. The highest BCUT2D eigenvalue weighted by Gasteiger charge is 2.50. The summed E-state index contributed by atoms with van der Waals surface area (Å²) in [5, 5.41) is 0.0131. The predicted octanol–water partition coefficient (Wildman–Crippen LogP) is 7.07. The fourth-order valence-electron chi connectivity index (χ4n) is 3.38. The van der Waals surface area contributed by atoms with Crippen molar-refractivity contribution >= 4 is 31.3 Å². The number of alkyl halides is 3. The van der Waals surface area contributed by atoms with E-state index in [-0.39, 0.29) is 21.1 Å². The minimum absolute atomic E-state index is 0.0305. The van der Waals surface area contributed by atoms with Crippen LogP contribution in [0.1, 0.15) is 57.2 Å². The number of hydrogen-bond acceptors (Lipinski definition) is 5. The fourth-order valence-corrected chi connectivity index (χ4v) is 6.39. The van der Waals surface area contributed by atoms with E-state index in [1.54, 1.807) is 0 Å². The molecule has 0 unspecified atom stereocenters. The highest BCUT2D eigenvalue weighted by atomic mass is 35.5. The van der Waals surface area contributed by atoms with Crippen molar-refractivity contribution < 1.29 is 22.0 Å². The Labute approximate surface area is 183 Å². The quantitative estimate of drug-likeness (QED) is 0.266. The molecule has 2 aromatic rings. The second kappa shape index (κ2) is 7.49. The predicted molar refractivity (Wildman–Crippen MR) is 112 cm³/mol. The molecule has 0 radical (unpaired) electrons. The summed E-state index contributed by atoms with van der Waals surface area (Å²) in [5.74, 6) is -1.15. The molecule has 3 rings (SSSR count). The summed E-state index contributed by atoms with van der Waals surface area (Å²) < 4.78 is 61.5. The molecule has 0 aliphatic heterocycles. The van der Waals surface area contributed by atoms with Crippen LogP contribution in [0.5, 0.6) is 0 Å². The summed E-state index contributed by atoms with van der Waals surface area (Å²) in [6.07, 6.45) is -2.84. The highest BCUT2D eigenvalue weighted by molar-refractivity contribution is 7.15. The van der Waals surface area contributed by atoms with Crippen molar-refractivity contribution in [3.05, 3.63) is 28.0 Å². The van der Waals surface area contributed by atoms with Gasteiger partial charge in [-0.3, -0.25) is 0 Å². The molecule has 2 aromatic heterocycles. The smallest absolute Gasteiger partial charge is 0.412 e. The second-order valence-corrected chi connectivity index (χ2v) is 15.6. The van der Waals surface area contributed by atoms with Gasteiger partial charge in [0.2, 0.25) is 5.28 Å². The largest absolute Gasteiger partial charge is 0.434 e.